The van der Waals surface area contributed by atoms with Crippen molar-refractivity contribution in [2.24, 2.45) is 0 Å². The Labute approximate surface area is 164 Å². The van der Waals surface area contributed by atoms with E-state index >= 15 is 0 Å². The van der Waals surface area contributed by atoms with Gasteiger partial charge < -0.3 is 20.2 Å². The molecule has 0 saturated carbocycles. The van der Waals surface area contributed by atoms with Gasteiger partial charge in [0.25, 0.3) is 5.91 Å². The number of hydrogen-bond acceptors (Lipinski definition) is 5. The van der Waals surface area contributed by atoms with Gasteiger partial charge in [-0.1, -0.05) is 12.1 Å². The van der Waals surface area contributed by atoms with Gasteiger partial charge in [-0.25, -0.2) is 0 Å². The number of amides is 1. The van der Waals surface area contributed by atoms with Crippen molar-refractivity contribution in [2.45, 2.75) is 25.4 Å². The summed E-state index contributed by atoms with van der Waals surface area (Å²) in [5.41, 5.74) is 8.30. The monoisotopic (exact) mass is 379 g/mol. The second-order valence-electron chi connectivity index (χ2n) is 7.28. The summed E-state index contributed by atoms with van der Waals surface area (Å²) in [4.78, 5) is 14.9. The van der Waals surface area contributed by atoms with Crippen LogP contribution in [0.25, 0.3) is 11.0 Å². The van der Waals surface area contributed by atoms with E-state index in [-0.39, 0.29) is 11.9 Å². The molecule has 0 aliphatic carbocycles. The van der Waals surface area contributed by atoms with Gasteiger partial charge in [0.05, 0.1) is 7.11 Å². The summed E-state index contributed by atoms with van der Waals surface area (Å²) < 4.78 is 10.9. The number of anilines is 1. The summed E-state index contributed by atoms with van der Waals surface area (Å²) in [6, 6.07) is 15.5. The SMILES string of the molecule is COc1ccc(CN2CCC(NC(=O)c3cc4ccc(N)cc4o3)CC2)cc1. The van der Waals surface area contributed by atoms with Crippen molar-refractivity contribution >= 4 is 22.6 Å². The van der Waals surface area contributed by atoms with E-state index < -0.39 is 0 Å². The molecule has 1 amide bonds. The van der Waals surface area contributed by atoms with Crippen LogP contribution in [0.2, 0.25) is 0 Å². The zero-order valence-corrected chi connectivity index (χ0v) is 16.0. The Morgan fingerprint density at radius 1 is 1.18 bits per heavy atom. The molecule has 4 rings (SSSR count). The zero-order chi connectivity index (χ0) is 19.5. The number of fused-ring (bicyclic) bond motifs is 1. The second-order valence-corrected chi connectivity index (χ2v) is 7.28. The third kappa shape index (κ3) is 4.12. The van der Waals surface area contributed by atoms with Crippen molar-refractivity contribution in [3.8, 4) is 5.75 Å². The lowest BCUT2D eigenvalue weighted by molar-refractivity contribution is 0.0883. The molecule has 3 N–H and O–H groups in total. The average Bonchev–Trinajstić information content (AvgIpc) is 3.13. The minimum Gasteiger partial charge on any atom is -0.497 e. The predicted octanol–water partition coefficient (Wildman–Crippen LogP) is 3.42. The van der Waals surface area contributed by atoms with Crippen LogP contribution in [0.5, 0.6) is 5.75 Å². The van der Waals surface area contributed by atoms with Crippen LogP contribution in [0.15, 0.2) is 52.9 Å². The van der Waals surface area contributed by atoms with Gasteiger partial charge in [-0.2, -0.15) is 0 Å². The quantitative estimate of drug-likeness (QED) is 0.664. The molecule has 146 valence electrons. The summed E-state index contributed by atoms with van der Waals surface area (Å²) in [6.07, 6.45) is 1.85. The maximum absolute atomic E-state index is 12.5. The molecule has 0 atom stereocenters. The van der Waals surface area contributed by atoms with Crippen LogP contribution in [0.4, 0.5) is 5.69 Å². The highest BCUT2D eigenvalue weighted by Crippen LogP contribution is 2.22. The molecular formula is C22H25N3O3. The molecule has 0 radical (unpaired) electrons. The summed E-state index contributed by atoms with van der Waals surface area (Å²) >= 11 is 0. The zero-order valence-electron chi connectivity index (χ0n) is 16.0. The van der Waals surface area contributed by atoms with Crippen molar-refractivity contribution < 1.29 is 13.9 Å². The van der Waals surface area contributed by atoms with Crippen molar-refractivity contribution in [1.29, 1.82) is 0 Å². The normalized spacial score (nSPS) is 15.6. The number of nitrogens with one attached hydrogen (secondary N) is 1. The average molecular weight is 379 g/mol. The highest BCUT2D eigenvalue weighted by Gasteiger charge is 2.22. The smallest absolute Gasteiger partial charge is 0.287 e. The molecule has 6 nitrogen and oxygen atoms in total. The molecule has 1 aliphatic heterocycles. The molecule has 1 aromatic heterocycles. The predicted molar refractivity (Wildman–Crippen MR) is 109 cm³/mol. The van der Waals surface area contributed by atoms with Gasteiger partial charge in [0.15, 0.2) is 5.76 Å². The Kier molecular flexibility index (Phi) is 5.21. The number of hydrogen-bond donors (Lipinski definition) is 2. The van der Waals surface area contributed by atoms with E-state index in [1.54, 1.807) is 25.3 Å². The lowest BCUT2D eigenvalue weighted by Crippen LogP contribution is -2.44. The van der Waals surface area contributed by atoms with Gasteiger partial charge in [0, 0.05) is 42.8 Å². The van der Waals surface area contributed by atoms with Crippen LogP contribution in [0.1, 0.15) is 29.0 Å². The first-order valence-electron chi connectivity index (χ1n) is 9.56. The highest BCUT2D eigenvalue weighted by atomic mass is 16.5. The lowest BCUT2D eigenvalue weighted by atomic mass is 10.0. The largest absolute Gasteiger partial charge is 0.497 e. The van der Waals surface area contributed by atoms with Crippen LogP contribution in [0, 0.1) is 0 Å². The lowest BCUT2D eigenvalue weighted by Gasteiger charge is -2.32. The van der Waals surface area contributed by atoms with E-state index in [1.807, 2.05) is 18.2 Å². The first-order chi connectivity index (χ1) is 13.6. The number of piperidine rings is 1. The maximum Gasteiger partial charge on any atom is 0.287 e. The van der Waals surface area contributed by atoms with Crippen LogP contribution >= 0.6 is 0 Å². The number of carbonyl (C=O) groups is 1. The van der Waals surface area contributed by atoms with Crippen LogP contribution in [-0.2, 0) is 6.54 Å². The summed E-state index contributed by atoms with van der Waals surface area (Å²) in [5, 5.41) is 3.99. The minimum absolute atomic E-state index is 0.164. The molecule has 1 aliphatic rings. The summed E-state index contributed by atoms with van der Waals surface area (Å²) in [6.45, 7) is 2.82. The number of likely N-dealkylation sites (tertiary alicyclic amines) is 1. The number of rotatable bonds is 5. The number of ether oxygens (including phenoxy) is 1. The van der Waals surface area contributed by atoms with Crippen molar-refractivity contribution in [2.75, 3.05) is 25.9 Å². The Bertz CT molecular complexity index is 957. The molecule has 3 aromatic rings. The maximum atomic E-state index is 12.5. The van der Waals surface area contributed by atoms with Crippen LogP contribution in [-0.4, -0.2) is 37.0 Å². The first-order valence-corrected chi connectivity index (χ1v) is 9.56. The van der Waals surface area contributed by atoms with E-state index in [0.29, 0.717) is 17.0 Å². The van der Waals surface area contributed by atoms with E-state index in [4.69, 9.17) is 14.9 Å². The van der Waals surface area contributed by atoms with Gasteiger partial charge >= 0.3 is 0 Å². The van der Waals surface area contributed by atoms with Crippen LogP contribution in [0.3, 0.4) is 0 Å². The van der Waals surface area contributed by atoms with Crippen LogP contribution < -0.4 is 15.8 Å². The second kappa shape index (κ2) is 7.94. The number of benzene rings is 2. The van der Waals surface area contributed by atoms with E-state index in [1.165, 1.54) is 5.56 Å². The van der Waals surface area contributed by atoms with E-state index in [9.17, 15) is 4.79 Å². The third-order valence-corrected chi connectivity index (χ3v) is 5.26. The highest BCUT2D eigenvalue weighted by molar-refractivity contribution is 5.96. The third-order valence-electron chi connectivity index (χ3n) is 5.26. The Hall–Kier alpha value is -2.99. The fourth-order valence-electron chi connectivity index (χ4n) is 3.64. The number of methoxy groups -OCH3 is 1. The summed E-state index contributed by atoms with van der Waals surface area (Å²) in [7, 11) is 1.68. The molecule has 28 heavy (non-hydrogen) atoms. The van der Waals surface area contributed by atoms with E-state index in [2.05, 4.69) is 22.3 Å². The topological polar surface area (TPSA) is 80.7 Å². The Balaban J connectivity index is 1.30. The number of furan rings is 1. The number of nitrogen functional groups attached to an aromatic ring is 1. The van der Waals surface area contributed by atoms with E-state index in [0.717, 1.165) is 43.6 Å². The van der Waals surface area contributed by atoms with Crippen molar-refractivity contribution in [3.63, 3.8) is 0 Å². The molecule has 1 saturated heterocycles. The summed E-state index contributed by atoms with van der Waals surface area (Å²) in [5.74, 6) is 1.04. The first kappa shape index (κ1) is 18.4. The van der Waals surface area contributed by atoms with Gasteiger partial charge in [-0.3, -0.25) is 9.69 Å². The molecule has 2 heterocycles. The molecule has 0 spiro atoms. The van der Waals surface area contributed by atoms with Gasteiger partial charge in [0.1, 0.15) is 11.3 Å². The molecule has 2 aromatic carbocycles. The molecular weight excluding hydrogens is 354 g/mol. The Morgan fingerprint density at radius 3 is 2.64 bits per heavy atom. The van der Waals surface area contributed by atoms with Gasteiger partial charge in [-0.05, 0) is 48.7 Å². The van der Waals surface area contributed by atoms with Crippen molar-refractivity contribution in [1.82, 2.24) is 10.2 Å². The fourth-order valence-corrected chi connectivity index (χ4v) is 3.64. The van der Waals surface area contributed by atoms with Crippen molar-refractivity contribution in [3.05, 3.63) is 59.9 Å². The fraction of sp³-hybridized carbons (Fsp3) is 0.318. The molecule has 6 heteroatoms. The van der Waals surface area contributed by atoms with Gasteiger partial charge in [-0.15, -0.1) is 0 Å². The minimum atomic E-state index is -0.164. The van der Waals surface area contributed by atoms with Gasteiger partial charge in [0.2, 0.25) is 0 Å². The molecule has 0 bridgehead atoms. The number of nitrogens with two attached hydrogens (primary N) is 1. The number of nitrogens with zero attached hydrogens (tertiary/aromatic N) is 1. The Morgan fingerprint density at radius 2 is 1.93 bits per heavy atom. The number of carbonyl (C=O) groups excluding carboxylic acids is 1. The molecule has 0 unspecified atom stereocenters. The molecule has 1 fully saturated rings. The standard InChI is InChI=1S/C22H25N3O3/c1-27-19-6-2-15(3-7-19)14-25-10-8-18(9-11-25)24-22(26)21-12-16-4-5-17(23)13-20(16)28-21/h2-7,12-13,18H,8-11,14,23H2,1H3,(H,24,26).